The van der Waals surface area contributed by atoms with Gasteiger partial charge in [-0.3, -0.25) is 4.79 Å². The molecule has 0 fully saturated rings. The van der Waals surface area contributed by atoms with E-state index in [0.717, 1.165) is 36.8 Å². The number of ether oxygens (including phenoxy) is 1. The summed E-state index contributed by atoms with van der Waals surface area (Å²) in [5.74, 6) is 0.0245. The van der Waals surface area contributed by atoms with Crippen molar-refractivity contribution in [3.05, 3.63) is 83.9 Å². The van der Waals surface area contributed by atoms with Gasteiger partial charge in [-0.1, -0.05) is 72.4 Å². The van der Waals surface area contributed by atoms with Crippen LogP contribution in [0.3, 0.4) is 0 Å². The van der Waals surface area contributed by atoms with Gasteiger partial charge in [0.15, 0.2) is 10.4 Å². The first-order chi connectivity index (χ1) is 13.3. The number of fused-ring (bicyclic) bond motifs is 4. The van der Waals surface area contributed by atoms with E-state index < -0.39 is 0 Å². The number of thioether (sulfide) groups is 1. The van der Waals surface area contributed by atoms with E-state index in [4.69, 9.17) is 4.74 Å². The van der Waals surface area contributed by atoms with Crippen molar-refractivity contribution < 1.29 is 9.53 Å². The van der Waals surface area contributed by atoms with Crippen molar-refractivity contribution in [1.29, 1.82) is 0 Å². The molecule has 4 aromatic rings. The van der Waals surface area contributed by atoms with E-state index in [1.165, 1.54) is 11.8 Å². The molecule has 1 heterocycles. The van der Waals surface area contributed by atoms with Crippen LogP contribution in [0.2, 0.25) is 0 Å². The van der Waals surface area contributed by atoms with Gasteiger partial charge in [-0.25, -0.2) is 4.98 Å². The molecular formula is C22H15NO2S2. The first-order valence-electron chi connectivity index (χ1n) is 8.66. The maximum atomic E-state index is 12.5. The molecule has 3 aromatic carbocycles. The van der Waals surface area contributed by atoms with Crippen LogP contribution < -0.4 is 0 Å². The average Bonchev–Trinajstić information content (AvgIpc) is 3.26. The molecule has 0 bridgehead atoms. The Morgan fingerprint density at radius 2 is 1.56 bits per heavy atom. The molecule has 0 saturated carbocycles. The van der Waals surface area contributed by atoms with Crippen LogP contribution in [0.5, 0.6) is 0 Å². The fraction of sp³-hybridized carbons (Fsp3) is 0.0909. The van der Waals surface area contributed by atoms with Gasteiger partial charge in [-0.05, 0) is 23.3 Å². The second-order valence-corrected chi connectivity index (χ2v) is 8.53. The number of aromatic nitrogens is 1. The Bertz CT molecular complexity index is 1070. The largest absolute Gasteiger partial charge is 0.452 e. The second-order valence-electron chi connectivity index (χ2n) is 6.28. The predicted octanol–water partition coefficient (Wildman–Crippen LogP) is 5.70. The molecule has 0 N–H and O–H groups in total. The number of carbonyl (C=O) groups is 1. The number of rotatable bonds is 4. The smallest absolute Gasteiger partial charge is 0.317 e. The van der Waals surface area contributed by atoms with Crippen LogP contribution in [0.25, 0.3) is 21.3 Å². The lowest BCUT2D eigenvalue weighted by Crippen LogP contribution is -2.12. The Hall–Kier alpha value is -2.63. The van der Waals surface area contributed by atoms with Gasteiger partial charge in [0.1, 0.15) is 0 Å². The minimum absolute atomic E-state index is 0.226. The Balaban J connectivity index is 1.33. The maximum Gasteiger partial charge on any atom is 0.317 e. The van der Waals surface area contributed by atoms with E-state index in [2.05, 4.69) is 17.1 Å². The highest BCUT2D eigenvalue weighted by Gasteiger charge is 2.30. The molecule has 0 aliphatic heterocycles. The molecule has 0 spiro atoms. The predicted molar refractivity (Wildman–Crippen MR) is 110 cm³/mol. The Morgan fingerprint density at radius 1 is 0.926 bits per heavy atom. The summed E-state index contributed by atoms with van der Waals surface area (Å²) < 4.78 is 7.90. The van der Waals surface area contributed by atoms with Crippen LogP contribution in [-0.2, 0) is 9.53 Å². The number of esters is 1. The number of thiazole rings is 1. The fourth-order valence-electron chi connectivity index (χ4n) is 3.44. The van der Waals surface area contributed by atoms with Gasteiger partial charge < -0.3 is 4.74 Å². The normalized spacial score (nSPS) is 12.7. The van der Waals surface area contributed by atoms with Gasteiger partial charge >= 0.3 is 5.97 Å². The number of hydrogen-bond acceptors (Lipinski definition) is 5. The van der Waals surface area contributed by atoms with E-state index in [9.17, 15) is 4.79 Å². The van der Waals surface area contributed by atoms with E-state index in [1.807, 2.05) is 60.7 Å². The summed E-state index contributed by atoms with van der Waals surface area (Å²) in [6, 6.07) is 24.2. The second kappa shape index (κ2) is 6.83. The lowest BCUT2D eigenvalue weighted by Gasteiger charge is -2.14. The lowest BCUT2D eigenvalue weighted by atomic mass is 10.1. The molecule has 5 rings (SSSR count). The third kappa shape index (κ3) is 3.03. The van der Waals surface area contributed by atoms with Crippen molar-refractivity contribution in [3.63, 3.8) is 0 Å². The topological polar surface area (TPSA) is 39.2 Å². The van der Waals surface area contributed by atoms with E-state index in [-0.39, 0.29) is 17.8 Å². The number of carbonyl (C=O) groups excluding carboxylic acids is 1. The molecular weight excluding hydrogens is 374 g/mol. The van der Waals surface area contributed by atoms with E-state index >= 15 is 0 Å². The van der Waals surface area contributed by atoms with Gasteiger partial charge in [0.25, 0.3) is 0 Å². The third-order valence-electron chi connectivity index (χ3n) is 4.61. The maximum absolute atomic E-state index is 12.5. The summed E-state index contributed by atoms with van der Waals surface area (Å²) in [5, 5.41) is 0. The van der Waals surface area contributed by atoms with Crippen LogP contribution in [-0.4, -0.2) is 16.7 Å². The molecule has 3 nitrogen and oxygen atoms in total. The summed E-state index contributed by atoms with van der Waals surface area (Å²) >= 11 is 3.04. The molecule has 27 heavy (non-hydrogen) atoms. The molecule has 1 aromatic heterocycles. The third-order valence-corrected chi connectivity index (χ3v) is 6.77. The summed E-state index contributed by atoms with van der Waals surface area (Å²) in [7, 11) is 0. The molecule has 0 radical (unpaired) electrons. The Morgan fingerprint density at radius 3 is 2.26 bits per heavy atom. The van der Waals surface area contributed by atoms with Crippen molar-refractivity contribution in [2.45, 2.75) is 10.4 Å². The Kier molecular flexibility index (Phi) is 4.19. The molecule has 1 aliphatic rings. The SMILES string of the molecule is O=C(CSc1nc2ccccc2s1)OC1c2ccccc2-c2ccccc21. The molecule has 132 valence electrons. The van der Waals surface area contributed by atoms with Gasteiger partial charge in [0.2, 0.25) is 0 Å². The quantitative estimate of drug-likeness (QED) is 0.331. The number of benzene rings is 3. The monoisotopic (exact) mass is 389 g/mol. The molecule has 0 unspecified atom stereocenters. The summed E-state index contributed by atoms with van der Waals surface area (Å²) in [6.07, 6.45) is -0.333. The zero-order chi connectivity index (χ0) is 18.2. The standard InChI is InChI=1S/C22H15NO2S2/c24-20(13-26-22-23-18-11-5-6-12-19(18)27-22)25-21-16-9-3-1-7-14(16)15-8-2-4-10-17(15)21/h1-12,21H,13H2. The van der Waals surface area contributed by atoms with Gasteiger partial charge in [-0.15, -0.1) is 11.3 Å². The average molecular weight is 390 g/mol. The highest BCUT2D eigenvalue weighted by atomic mass is 32.2. The van der Waals surface area contributed by atoms with Gasteiger partial charge in [0.05, 0.1) is 16.0 Å². The van der Waals surface area contributed by atoms with Gasteiger partial charge in [-0.2, -0.15) is 0 Å². The number of nitrogens with zero attached hydrogens (tertiary/aromatic N) is 1. The van der Waals surface area contributed by atoms with Crippen molar-refractivity contribution >= 4 is 39.3 Å². The molecule has 0 atom stereocenters. The first-order valence-corrected chi connectivity index (χ1v) is 10.5. The highest BCUT2D eigenvalue weighted by Crippen LogP contribution is 2.45. The minimum atomic E-state index is -0.333. The lowest BCUT2D eigenvalue weighted by molar-refractivity contribution is -0.144. The minimum Gasteiger partial charge on any atom is -0.452 e. The zero-order valence-electron chi connectivity index (χ0n) is 14.3. The van der Waals surface area contributed by atoms with Crippen LogP contribution in [0.1, 0.15) is 17.2 Å². The van der Waals surface area contributed by atoms with E-state index in [1.54, 1.807) is 11.3 Å². The molecule has 5 heteroatoms. The zero-order valence-corrected chi connectivity index (χ0v) is 15.9. The Labute approximate surface area is 165 Å². The van der Waals surface area contributed by atoms with Crippen LogP contribution in [0.4, 0.5) is 0 Å². The van der Waals surface area contributed by atoms with Crippen molar-refractivity contribution in [3.8, 4) is 11.1 Å². The van der Waals surface area contributed by atoms with Crippen molar-refractivity contribution in [2.75, 3.05) is 5.75 Å². The summed E-state index contributed by atoms with van der Waals surface area (Å²) in [4.78, 5) is 17.1. The molecule has 1 aliphatic carbocycles. The van der Waals surface area contributed by atoms with Crippen LogP contribution in [0, 0.1) is 0 Å². The van der Waals surface area contributed by atoms with Crippen LogP contribution in [0.15, 0.2) is 77.1 Å². The van der Waals surface area contributed by atoms with E-state index in [0.29, 0.717) is 0 Å². The number of para-hydroxylation sites is 1. The highest BCUT2D eigenvalue weighted by molar-refractivity contribution is 8.01. The summed E-state index contributed by atoms with van der Waals surface area (Å²) in [6.45, 7) is 0. The molecule has 0 amide bonds. The van der Waals surface area contributed by atoms with Crippen molar-refractivity contribution in [1.82, 2.24) is 4.98 Å². The molecule has 0 saturated heterocycles. The first kappa shape index (κ1) is 16.5. The summed E-state index contributed by atoms with van der Waals surface area (Å²) in [5.41, 5.74) is 5.36. The fourth-order valence-corrected chi connectivity index (χ4v) is 5.29. The van der Waals surface area contributed by atoms with Crippen molar-refractivity contribution in [2.24, 2.45) is 0 Å². The van der Waals surface area contributed by atoms with Gasteiger partial charge in [0, 0.05) is 11.1 Å². The number of hydrogen-bond donors (Lipinski definition) is 0. The van der Waals surface area contributed by atoms with Crippen LogP contribution >= 0.6 is 23.1 Å².